The fraction of sp³-hybridized carbons (Fsp3) is 0.400. The van der Waals surface area contributed by atoms with Crippen molar-refractivity contribution in [2.45, 2.75) is 25.4 Å². The fourth-order valence-electron chi connectivity index (χ4n) is 3.09. The van der Waals surface area contributed by atoms with E-state index < -0.39 is 5.60 Å². The van der Waals surface area contributed by atoms with Crippen LogP contribution in [0.15, 0.2) is 42.5 Å². The van der Waals surface area contributed by atoms with Gasteiger partial charge in [0.05, 0.1) is 5.92 Å². The second kappa shape index (κ2) is 3.73. The van der Waals surface area contributed by atoms with E-state index in [0.29, 0.717) is 0 Å². The van der Waals surface area contributed by atoms with Gasteiger partial charge in [0.1, 0.15) is 5.60 Å². The first-order chi connectivity index (χ1) is 8.22. The normalized spacial score (nSPS) is 35.5. The largest absolute Gasteiger partial charge is 0.454 e. The van der Waals surface area contributed by atoms with E-state index >= 15 is 0 Å². The molecular formula is C15H16O2. The minimum absolute atomic E-state index is 0.0364. The average Bonchev–Trinajstić information content (AvgIpc) is 2.65. The molecule has 1 saturated heterocycles. The molecule has 2 aliphatic rings. The molecule has 0 N–H and O–H groups in total. The van der Waals surface area contributed by atoms with Crippen LogP contribution in [-0.2, 0) is 15.1 Å². The van der Waals surface area contributed by atoms with Crippen LogP contribution in [0.3, 0.4) is 0 Å². The molecule has 1 aromatic rings. The van der Waals surface area contributed by atoms with Crippen molar-refractivity contribution in [3.63, 3.8) is 0 Å². The summed E-state index contributed by atoms with van der Waals surface area (Å²) in [5.41, 5.74) is 0.657. The third kappa shape index (κ3) is 1.51. The molecule has 1 heterocycles. The first-order valence-corrected chi connectivity index (χ1v) is 6.15. The van der Waals surface area contributed by atoms with Gasteiger partial charge >= 0.3 is 5.97 Å². The zero-order chi connectivity index (χ0) is 11.9. The summed E-state index contributed by atoms with van der Waals surface area (Å²) in [5.74, 6) is 0.290. The molecule has 0 radical (unpaired) electrons. The summed E-state index contributed by atoms with van der Waals surface area (Å²) < 4.78 is 5.70. The molecule has 0 spiro atoms. The van der Waals surface area contributed by atoms with Crippen LogP contribution in [0, 0.1) is 11.8 Å². The standard InChI is InChI=1S/C15H16O2/c1-15(11-7-3-2-4-8-11)13-10-6-5-9-12(13)14(16)17-15/h2-8,12-13H,9-10H2,1H3/t12-,13-,15-/m0/s1. The van der Waals surface area contributed by atoms with E-state index in [1.54, 1.807) is 0 Å². The van der Waals surface area contributed by atoms with Gasteiger partial charge in [-0.05, 0) is 25.3 Å². The molecule has 0 bridgehead atoms. The van der Waals surface area contributed by atoms with Crippen LogP contribution < -0.4 is 0 Å². The minimum atomic E-state index is -0.451. The van der Waals surface area contributed by atoms with E-state index in [1.807, 2.05) is 37.3 Å². The van der Waals surface area contributed by atoms with Crippen molar-refractivity contribution in [2.24, 2.45) is 11.8 Å². The van der Waals surface area contributed by atoms with E-state index in [9.17, 15) is 4.79 Å². The van der Waals surface area contributed by atoms with Crippen LogP contribution in [0.1, 0.15) is 25.3 Å². The Morgan fingerprint density at radius 3 is 2.65 bits per heavy atom. The van der Waals surface area contributed by atoms with Crippen LogP contribution in [0.4, 0.5) is 0 Å². The van der Waals surface area contributed by atoms with Gasteiger partial charge in [-0.2, -0.15) is 0 Å². The molecular weight excluding hydrogens is 212 g/mol. The second-order valence-electron chi connectivity index (χ2n) is 5.05. The van der Waals surface area contributed by atoms with Gasteiger partial charge in [0.25, 0.3) is 0 Å². The highest BCUT2D eigenvalue weighted by Gasteiger charge is 2.53. The summed E-state index contributed by atoms with van der Waals surface area (Å²) in [6, 6.07) is 10.1. The van der Waals surface area contributed by atoms with Gasteiger partial charge in [0, 0.05) is 5.92 Å². The highest BCUT2D eigenvalue weighted by Crippen LogP contribution is 2.49. The van der Waals surface area contributed by atoms with Gasteiger partial charge in [-0.25, -0.2) is 0 Å². The number of hydrogen-bond acceptors (Lipinski definition) is 2. The van der Waals surface area contributed by atoms with Crippen molar-refractivity contribution < 1.29 is 9.53 Å². The van der Waals surface area contributed by atoms with Crippen molar-refractivity contribution >= 4 is 5.97 Å². The molecule has 1 aliphatic heterocycles. The summed E-state index contributed by atoms with van der Waals surface area (Å²) in [4.78, 5) is 11.9. The van der Waals surface area contributed by atoms with Crippen LogP contribution >= 0.6 is 0 Å². The van der Waals surface area contributed by atoms with Crippen molar-refractivity contribution in [1.82, 2.24) is 0 Å². The van der Waals surface area contributed by atoms with E-state index in [-0.39, 0.29) is 17.8 Å². The predicted molar refractivity (Wildman–Crippen MR) is 65.2 cm³/mol. The SMILES string of the molecule is C[C@@]1(c2ccccc2)OC(=O)[C@H]2CC=CC[C@@H]21. The number of benzene rings is 1. The lowest BCUT2D eigenvalue weighted by molar-refractivity contribution is -0.150. The lowest BCUT2D eigenvalue weighted by Crippen LogP contribution is -2.31. The van der Waals surface area contributed by atoms with Gasteiger partial charge in [-0.3, -0.25) is 4.79 Å². The minimum Gasteiger partial charge on any atom is -0.454 e. The quantitative estimate of drug-likeness (QED) is 0.545. The second-order valence-corrected chi connectivity index (χ2v) is 5.05. The summed E-state index contributed by atoms with van der Waals surface area (Å²) in [6.07, 6.45) is 6.03. The van der Waals surface area contributed by atoms with Crippen molar-refractivity contribution in [2.75, 3.05) is 0 Å². The summed E-state index contributed by atoms with van der Waals surface area (Å²) in [7, 11) is 0. The van der Waals surface area contributed by atoms with E-state index in [0.717, 1.165) is 18.4 Å². The number of carbonyl (C=O) groups excluding carboxylic acids is 1. The lowest BCUT2D eigenvalue weighted by Gasteiger charge is -2.32. The van der Waals surface area contributed by atoms with Crippen LogP contribution in [0.5, 0.6) is 0 Å². The molecule has 88 valence electrons. The first-order valence-electron chi connectivity index (χ1n) is 6.15. The van der Waals surface area contributed by atoms with Crippen LogP contribution in [0.25, 0.3) is 0 Å². The summed E-state index contributed by atoms with van der Waals surface area (Å²) >= 11 is 0. The Morgan fingerprint density at radius 1 is 1.18 bits per heavy atom. The fourth-order valence-corrected chi connectivity index (χ4v) is 3.09. The van der Waals surface area contributed by atoms with Gasteiger partial charge < -0.3 is 4.74 Å². The Balaban J connectivity index is 2.03. The molecule has 0 saturated carbocycles. The number of cyclic esters (lactones) is 1. The molecule has 17 heavy (non-hydrogen) atoms. The van der Waals surface area contributed by atoms with Gasteiger partial charge in [-0.15, -0.1) is 0 Å². The van der Waals surface area contributed by atoms with Crippen molar-refractivity contribution in [3.8, 4) is 0 Å². The third-order valence-corrected chi connectivity index (χ3v) is 4.10. The molecule has 0 unspecified atom stereocenters. The number of carbonyl (C=O) groups is 1. The van der Waals surface area contributed by atoms with Crippen LogP contribution in [-0.4, -0.2) is 5.97 Å². The highest BCUT2D eigenvalue weighted by molar-refractivity contribution is 5.77. The number of ether oxygens (including phenoxy) is 1. The lowest BCUT2D eigenvalue weighted by atomic mass is 9.73. The number of rotatable bonds is 1. The monoisotopic (exact) mass is 228 g/mol. The average molecular weight is 228 g/mol. The summed E-state index contributed by atoms with van der Waals surface area (Å²) in [6.45, 7) is 2.05. The maximum absolute atomic E-state index is 11.9. The van der Waals surface area contributed by atoms with Gasteiger partial charge in [-0.1, -0.05) is 42.5 Å². The molecule has 3 atom stereocenters. The van der Waals surface area contributed by atoms with Crippen molar-refractivity contribution in [1.29, 1.82) is 0 Å². The Labute approximate surface area is 101 Å². The maximum atomic E-state index is 11.9. The number of fused-ring (bicyclic) bond motifs is 1. The molecule has 2 nitrogen and oxygen atoms in total. The highest BCUT2D eigenvalue weighted by atomic mass is 16.6. The molecule has 0 aromatic heterocycles. The molecule has 1 fully saturated rings. The number of hydrogen-bond donors (Lipinski definition) is 0. The smallest absolute Gasteiger partial charge is 0.310 e. The third-order valence-electron chi connectivity index (χ3n) is 4.10. The topological polar surface area (TPSA) is 26.3 Å². The van der Waals surface area contributed by atoms with Crippen LogP contribution in [0.2, 0.25) is 0 Å². The molecule has 1 aliphatic carbocycles. The number of esters is 1. The molecule has 3 rings (SSSR count). The zero-order valence-corrected chi connectivity index (χ0v) is 9.93. The van der Waals surface area contributed by atoms with E-state index in [1.165, 1.54) is 0 Å². The summed E-state index contributed by atoms with van der Waals surface area (Å²) in [5, 5.41) is 0. The predicted octanol–water partition coefficient (Wildman–Crippen LogP) is 3.04. The van der Waals surface area contributed by atoms with E-state index in [4.69, 9.17) is 4.74 Å². The Kier molecular flexibility index (Phi) is 2.32. The Hall–Kier alpha value is -1.57. The molecule has 2 heteroatoms. The zero-order valence-electron chi connectivity index (χ0n) is 9.93. The van der Waals surface area contributed by atoms with Gasteiger partial charge in [0.15, 0.2) is 0 Å². The Bertz CT molecular complexity index is 463. The maximum Gasteiger partial charge on any atom is 0.310 e. The Morgan fingerprint density at radius 2 is 1.88 bits per heavy atom. The molecule has 0 amide bonds. The number of allylic oxidation sites excluding steroid dienone is 2. The van der Waals surface area contributed by atoms with E-state index in [2.05, 4.69) is 12.2 Å². The van der Waals surface area contributed by atoms with Crippen molar-refractivity contribution in [3.05, 3.63) is 48.0 Å². The first kappa shape index (κ1) is 10.6. The molecule has 1 aromatic carbocycles. The van der Waals surface area contributed by atoms with Gasteiger partial charge in [0.2, 0.25) is 0 Å².